The lowest BCUT2D eigenvalue weighted by Crippen LogP contribution is -1.86. The first kappa shape index (κ1) is 26.4. The molecule has 214 valence electrons. The van der Waals surface area contributed by atoms with Crippen LogP contribution in [0.25, 0.3) is 87.6 Å². The van der Waals surface area contributed by atoms with E-state index in [2.05, 4.69) is 182 Å². The molecule has 0 N–H and O–H groups in total. The molecule has 0 bridgehead atoms. The Morgan fingerprint density at radius 2 is 0.674 bits per heavy atom. The SMILES string of the molecule is c1ccc2c(-c3ccc4cc(-c5ccc(-c6ccc(-c7cc8ccccc8c8ccccc78)cc6)cc5)ccc4c3)cccc2c1. The molecule has 0 heteroatoms. The van der Waals surface area contributed by atoms with Crippen molar-refractivity contribution in [1.82, 2.24) is 0 Å². The molecule has 46 heavy (non-hydrogen) atoms. The Hall–Kier alpha value is -5.98. The third-order valence-corrected chi connectivity index (χ3v) is 9.46. The fourth-order valence-corrected chi connectivity index (χ4v) is 7.06. The van der Waals surface area contributed by atoms with E-state index in [0.29, 0.717) is 0 Å². The lowest BCUT2D eigenvalue weighted by Gasteiger charge is -2.12. The standard InChI is InChI=1S/C46H30/c1-3-11-41-34(8-1)10-7-15-42(41)40-27-26-37-28-36(24-25-38(37)29-40)33-18-16-31(17-19-33)32-20-22-35(23-21-32)46-30-39-9-2-4-12-43(39)44-13-5-6-14-45(44)46/h1-30H. The molecule has 0 heterocycles. The van der Waals surface area contributed by atoms with E-state index in [-0.39, 0.29) is 0 Å². The molecule has 0 aliphatic carbocycles. The zero-order chi connectivity index (χ0) is 30.5. The average Bonchev–Trinajstić information content (AvgIpc) is 3.14. The van der Waals surface area contributed by atoms with Crippen LogP contribution < -0.4 is 0 Å². The molecule has 9 aromatic carbocycles. The zero-order valence-corrected chi connectivity index (χ0v) is 25.3. The fourth-order valence-electron chi connectivity index (χ4n) is 7.06. The molecule has 0 fully saturated rings. The summed E-state index contributed by atoms with van der Waals surface area (Å²) in [6, 6.07) is 66.5. The first-order chi connectivity index (χ1) is 22.8. The number of hydrogen-bond acceptors (Lipinski definition) is 0. The van der Waals surface area contributed by atoms with Crippen LogP contribution in [0.15, 0.2) is 182 Å². The van der Waals surface area contributed by atoms with Crippen LogP contribution in [0.4, 0.5) is 0 Å². The quantitative estimate of drug-likeness (QED) is 0.181. The zero-order valence-electron chi connectivity index (χ0n) is 25.3. The van der Waals surface area contributed by atoms with Gasteiger partial charge in [0.25, 0.3) is 0 Å². The van der Waals surface area contributed by atoms with Crippen molar-refractivity contribution >= 4 is 43.1 Å². The van der Waals surface area contributed by atoms with Crippen LogP contribution in [0.1, 0.15) is 0 Å². The number of benzene rings is 9. The van der Waals surface area contributed by atoms with Crippen LogP contribution in [0.2, 0.25) is 0 Å². The molecule has 0 atom stereocenters. The molecule has 0 aliphatic rings. The maximum absolute atomic E-state index is 2.33. The van der Waals surface area contributed by atoms with Crippen molar-refractivity contribution < 1.29 is 0 Å². The predicted octanol–water partition coefficient (Wildman–Crippen LogP) is 13.0. The first-order valence-electron chi connectivity index (χ1n) is 15.9. The van der Waals surface area contributed by atoms with Crippen LogP contribution >= 0.6 is 0 Å². The lowest BCUT2D eigenvalue weighted by atomic mass is 9.92. The van der Waals surface area contributed by atoms with E-state index in [9.17, 15) is 0 Å². The molecule has 9 aromatic rings. The van der Waals surface area contributed by atoms with Crippen molar-refractivity contribution in [2.24, 2.45) is 0 Å². The molecule has 0 radical (unpaired) electrons. The van der Waals surface area contributed by atoms with Crippen molar-refractivity contribution in [3.63, 3.8) is 0 Å². The molecule has 0 spiro atoms. The Morgan fingerprint density at radius 3 is 1.39 bits per heavy atom. The summed E-state index contributed by atoms with van der Waals surface area (Å²) in [5.41, 5.74) is 9.94. The maximum Gasteiger partial charge on any atom is -0.00990 e. The number of hydrogen-bond donors (Lipinski definition) is 0. The summed E-state index contributed by atoms with van der Waals surface area (Å²) in [6.07, 6.45) is 0. The van der Waals surface area contributed by atoms with Crippen LogP contribution in [-0.4, -0.2) is 0 Å². The topological polar surface area (TPSA) is 0 Å². The van der Waals surface area contributed by atoms with Gasteiger partial charge in [-0.25, -0.2) is 0 Å². The monoisotopic (exact) mass is 582 g/mol. The molecule has 0 saturated heterocycles. The Balaban J connectivity index is 1.00. The highest BCUT2D eigenvalue weighted by molar-refractivity contribution is 6.13. The van der Waals surface area contributed by atoms with Gasteiger partial charge in [-0.3, -0.25) is 0 Å². The van der Waals surface area contributed by atoms with Gasteiger partial charge in [0.1, 0.15) is 0 Å². The van der Waals surface area contributed by atoms with Gasteiger partial charge in [-0.2, -0.15) is 0 Å². The third kappa shape index (κ3) is 4.55. The number of fused-ring (bicyclic) bond motifs is 5. The van der Waals surface area contributed by atoms with Crippen molar-refractivity contribution in [3.8, 4) is 44.5 Å². The van der Waals surface area contributed by atoms with Crippen LogP contribution in [-0.2, 0) is 0 Å². The smallest absolute Gasteiger partial charge is 0.00990 e. The van der Waals surface area contributed by atoms with Gasteiger partial charge < -0.3 is 0 Å². The van der Waals surface area contributed by atoms with Gasteiger partial charge in [-0.15, -0.1) is 0 Å². The van der Waals surface area contributed by atoms with Crippen molar-refractivity contribution in [2.45, 2.75) is 0 Å². The maximum atomic E-state index is 2.33. The van der Waals surface area contributed by atoms with Crippen LogP contribution in [0.3, 0.4) is 0 Å². The summed E-state index contributed by atoms with van der Waals surface area (Å²) in [6.45, 7) is 0. The van der Waals surface area contributed by atoms with Crippen molar-refractivity contribution in [3.05, 3.63) is 182 Å². The van der Waals surface area contributed by atoms with Gasteiger partial charge in [0.05, 0.1) is 0 Å². The summed E-state index contributed by atoms with van der Waals surface area (Å²) in [5, 5.41) is 10.2. The van der Waals surface area contributed by atoms with Gasteiger partial charge in [0, 0.05) is 0 Å². The highest BCUT2D eigenvalue weighted by Crippen LogP contribution is 2.37. The molecular weight excluding hydrogens is 553 g/mol. The van der Waals surface area contributed by atoms with E-state index in [0.717, 1.165) is 0 Å². The Morgan fingerprint density at radius 1 is 0.196 bits per heavy atom. The van der Waals surface area contributed by atoms with E-state index in [1.165, 1.54) is 87.6 Å². The average molecular weight is 583 g/mol. The fraction of sp³-hybridized carbons (Fsp3) is 0. The van der Waals surface area contributed by atoms with E-state index >= 15 is 0 Å². The second-order valence-electron chi connectivity index (χ2n) is 12.1. The van der Waals surface area contributed by atoms with E-state index in [1.807, 2.05) is 0 Å². The lowest BCUT2D eigenvalue weighted by molar-refractivity contribution is 1.59. The molecule has 0 nitrogen and oxygen atoms in total. The van der Waals surface area contributed by atoms with Gasteiger partial charge in [0.2, 0.25) is 0 Å². The number of rotatable bonds is 4. The summed E-state index contributed by atoms with van der Waals surface area (Å²) in [5.74, 6) is 0. The molecule has 0 amide bonds. The summed E-state index contributed by atoms with van der Waals surface area (Å²) in [4.78, 5) is 0. The van der Waals surface area contributed by atoms with Crippen molar-refractivity contribution in [1.29, 1.82) is 0 Å². The second-order valence-corrected chi connectivity index (χ2v) is 12.1. The Bertz CT molecular complexity index is 2550. The molecule has 0 aromatic heterocycles. The Kier molecular flexibility index (Phi) is 6.25. The van der Waals surface area contributed by atoms with E-state index in [4.69, 9.17) is 0 Å². The highest BCUT2D eigenvalue weighted by atomic mass is 14.1. The minimum Gasteiger partial charge on any atom is -0.0616 e. The predicted molar refractivity (Wildman–Crippen MR) is 198 cm³/mol. The molecule has 0 unspecified atom stereocenters. The Labute approximate surface area is 268 Å². The third-order valence-electron chi connectivity index (χ3n) is 9.46. The minimum atomic E-state index is 1.22. The molecule has 0 saturated carbocycles. The highest BCUT2D eigenvalue weighted by Gasteiger charge is 2.10. The van der Waals surface area contributed by atoms with Gasteiger partial charge in [0.15, 0.2) is 0 Å². The van der Waals surface area contributed by atoms with Gasteiger partial charge in [-0.05, 0) is 106 Å². The van der Waals surface area contributed by atoms with Crippen molar-refractivity contribution in [2.75, 3.05) is 0 Å². The van der Waals surface area contributed by atoms with E-state index in [1.54, 1.807) is 0 Å². The largest absolute Gasteiger partial charge is 0.0616 e. The molecule has 9 rings (SSSR count). The minimum absolute atomic E-state index is 1.22. The van der Waals surface area contributed by atoms with Crippen LogP contribution in [0, 0.1) is 0 Å². The first-order valence-corrected chi connectivity index (χ1v) is 15.9. The van der Waals surface area contributed by atoms with E-state index < -0.39 is 0 Å². The summed E-state index contributed by atoms with van der Waals surface area (Å²) >= 11 is 0. The molecular formula is C46H30. The van der Waals surface area contributed by atoms with Gasteiger partial charge in [-0.1, -0.05) is 164 Å². The van der Waals surface area contributed by atoms with Crippen LogP contribution in [0.5, 0.6) is 0 Å². The second kappa shape index (κ2) is 10.9. The van der Waals surface area contributed by atoms with Gasteiger partial charge >= 0.3 is 0 Å². The summed E-state index contributed by atoms with van der Waals surface area (Å²) in [7, 11) is 0. The molecule has 0 aliphatic heterocycles. The normalized spacial score (nSPS) is 11.5. The summed E-state index contributed by atoms with van der Waals surface area (Å²) < 4.78 is 0.